The molecule has 10 nitrogen and oxygen atoms in total. The third kappa shape index (κ3) is 8.54. The maximum absolute atomic E-state index is 12.1. The third-order valence-electron chi connectivity index (χ3n) is 13.3. The second kappa shape index (κ2) is 20.4. The maximum Gasteiger partial charge on any atom is 0.328 e. The van der Waals surface area contributed by atoms with Crippen LogP contribution in [0.5, 0.6) is 0 Å². The number of halogens is 4. The number of pyridine rings is 2. The molecular weight excluding hydrogens is 1020 g/mol. The number of rotatable bonds is 10. The van der Waals surface area contributed by atoms with Gasteiger partial charge in [0.1, 0.15) is 17.3 Å². The van der Waals surface area contributed by atoms with Crippen LogP contribution in [0, 0.1) is 17.9 Å². The molecular formula is C60H34B2Cl4N10. The van der Waals surface area contributed by atoms with Crippen molar-refractivity contribution in [3.63, 3.8) is 0 Å². The van der Waals surface area contributed by atoms with Gasteiger partial charge in [0, 0.05) is 34.7 Å². The number of hydrogen-bond acceptors (Lipinski definition) is 7. The van der Waals surface area contributed by atoms with Crippen molar-refractivity contribution in [2.24, 2.45) is 0 Å². The summed E-state index contributed by atoms with van der Waals surface area (Å²) in [5.74, 6) is 0. The van der Waals surface area contributed by atoms with Crippen molar-refractivity contribution in [1.29, 1.82) is 5.26 Å². The Bertz CT molecular complexity index is 4060. The molecule has 76 heavy (non-hydrogen) atoms. The Morgan fingerprint density at radius 2 is 0.829 bits per heavy atom. The molecule has 6 heterocycles. The first-order chi connectivity index (χ1) is 37.3. The lowest BCUT2D eigenvalue weighted by Crippen LogP contribution is -2.54. The molecule has 0 spiro atoms. The van der Waals surface area contributed by atoms with Gasteiger partial charge >= 0.3 is 13.7 Å². The first-order valence-electron chi connectivity index (χ1n) is 23.9. The Kier molecular flexibility index (Phi) is 12.9. The van der Waals surface area contributed by atoms with Crippen LogP contribution in [0.2, 0.25) is 20.1 Å². The number of nitriles is 1. The number of aromatic nitrogens is 8. The van der Waals surface area contributed by atoms with Crippen molar-refractivity contribution in [2.75, 3.05) is 0 Å². The van der Waals surface area contributed by atoms with E-state index in [0.29, 0.717) is 76.4 Å². The van der Waals surface area contributed by atoms with Crippen molar-refractivity contribution in [3.05, 3.63) is 260 Å². The topological polar surface area (TPSA) is 115 Å². The summed E-state index contributed by atoms with van der Waals surface area (Å²) in [4.78, 5) is 34.8. The second-order valence-electron chi connectivity index (χ2n) is 17.7. The van der Waals surface area contributed by atoms with Gasteiger partial charge in [0.2, 0.25) is 5.70 Å². The van der Waals surface area contributed by atoms with E-state index >= 15 is 0 Å². The molecule has 0 unspecified atom stereocenters. The molecule has 0 aliphatic carbocycles. The van der Waals surface area contributed by atoms with Gasteiger partial charge in [-0.05, 0) is 48.5 Å². The first kappa shape index (κ1) is 48.1. The SMILES string of the molecule is [C-]#[N+]/C(c1cnc2cc(Cl)c(Cl)cc2n1)=c1\c2c(-c3ccccn3)n(B(c3ccccc3)c3ccccc3)/c(=C(/C#N)c3cnc4cc(Cl)c(Cl)cc4n3)c2c(-c2ccccn2)n1B(c1ccccc1)c1ccccc1. The molecule has 0 saturated heterocycles. The molecule has 0 saturated carbocycles. The smallest absolute Gasteiger partial charge is 0.328 e. The van der Waals surface area contributed by atoms with Crippen molar-refractivity contribution in [3.8, 4) is 28.8 Å². The van der Waals surface area contributed by atoms with Gasteiger partial charge in [0.25, 0.3) is 0 Å². The quantitative estimate of drug-likeness (QED) is 0.0990. The van der Waals surface area contributed by atoms with E-state index in [1.54, 1.807) is 49.1 Å². The highest BCUT2D eigenvalue weighted by molar-refractivity contribution is 6.85. The highest BCUT2D eigenvalue weighted by Crippen LogP contribution is 2.36. The standard InChI is InChI=1S/C60H34B2Cl4N10/c1-68-56(53-36-72-49-31-43(64)45(66)33-51(49)74-53)60-55-54(58(46-26-14-16-28-69-46)76(60)62(39-22-10-4-11-23-39)40-24-12-5-13-25-40)57(41(34-67)52-35-71-48-30-42(63)44(65)32-50(48)73-52)75(59(55)47-27-15-17-29-70-47)61(37-18-6-2-7-19-37)38-20-8-3-9-21-38/h2-33,35-36H/b57-41-,60-56+. The van der Waals surface area contributed by atoms with Gasteiger partial charge in [-0.2, -0.15) is 5.26 Å². The number of nitrogens with zero attached hydrogens (tertiary/aromatic N) is 10. The first-order valence-corrected chi connectivity index (χ1v) is 25.4. The molecule has 358 valence electrons. The zero-order valence-electron chi connectivity index (χ0n) is 39.8. The average Bonchev–Trinajstić information content (AvgIpc) is 4.19. The van der Waals surface area contributed by atoms with Crippen LogP contribution in [0.15, 0.2) is 207 Å². The van der Waals surface area contributed by atoms with E-state index in [4.69, 9.17) is 76.3 Å². The lowest BCUT2D eigenvalue weighted by molar-refractivity contribution is 1.10. The largest absolute Gasteiger partial charge is 0.383 e. The van der Waals surface area contributed by atoms with E-state index in [0.717, 1.165) is 21.9 Å². The Balaban J connectivity index is 1.44. The number of benzene rings is 6. The minimum Gasteiger partial charge on any atom is -0.383 e. The molecule has 0 bridgehead atoms. The lowest BCUT2D eigenvalue weighted by Gasteiger charge is -2.24. The molecule has 0 radical (unpaired) electrons. The predicted octanol–water partition coefficient (Wildman–Crippen LogP) is 10.2. The van der Waals surface area contributed by atoms with E-state index < -0.39 is 13.7 Å². The molecule has 12 aromatic rings. The molecule has 6 aromatic carbocycles. The molecule has 12 rings (SSSR count). The van der Waals surface area contributed by atoms with Gasteiger partial charge in [-0.25, -0.2) is 9.83 Å². The minimum absolute atomic E-state index is 0.150. The fourth-order valence-corrected chi connectivity index (χ4v) is 10.8. The third-order valence-corrected chi connectivity index (χ3v) is 14.7. The van der Waals surface area contributed by atoms with E-state index in [9.17, 15) is 11.8 Å². The summed E-state index contributed by atoms with van der Waals surface area (Å²) in [6, 6.07) is 61.2. The maximum atomic E-state index is 12.1. The summed E-state index contributed by atoms with van der Waals surface area (Å²) in [6.45, 7) is 8.17. The number of hydrogen-bond donors (Lipinski definition) is 0. The molecule has 0 aliphatic heterocycles. The summed E-state index contributed by atoms with van der Waals surface area (Å²) in [6.07, 6.45) is 6.66. The summed E-state index contributed by atoms with van der Waals surface area (Å²) in [5, 5.41) is 15.4. The Hall–Kier alpha value is -8.87. The molecule has 0 aliphatic rings. The van der Waals surface area contributed by atoms with Crippen molar-refractivity contribution in [1.82, 2.24) is 38.9 Å². The van der Waals surface area contributed by atoms with Gasteiger partial charge in [0.15, 0.2) is 0 Å². The highest BCUT2D eigenvalue weighted by Gasteiger charge is 2.38. The van der Waals surface area contributed by atoms with Gasteiger partial charge in [0.05, 0.1) is 88.7 Å². The minimum atomic E-state index is -0.632. The Labute approximate surface area is 456 Å². The fourth-order valence-electron chi connectivity index (χ4n) is 10.1. The van der Waals surface area contributed by atoms with Crippen LogP contribution >= 0.6 is 46.4 Å². The van der Waals surface area contributed by atoms with Gasteiger partial charge < -0.3 is 8.96 Å². The van der Waals surface area contributed by atoms with E-state index in [-0.39, 0.29) is 32.7 Å². The van der Waals surface area contributed by atoms with Gasteiger partial charge in [-0.15, -0.1) is 0 Å². The molecule has 0 amide bonds. The van der Waals surface area contributed by atoms with E-state index in [2.05, 4.69) is 68.4 Å². The molecule has 16 heteroatoms. The van der Waals surface area contributed by atoms with Crippen LogP contribution in [0.4, 0.5) is 0 Å². The molecule has 0 fully saturated rings. The predicted molar refractivity (Wildman–Crippen MR) is 309 cm³/mol. The van der Waals surface area contributed by atoms with Crippen molar-refractivity contribution >= 4 is 126 Å². The van der Waals surface area contributed by atoms with Crippen LogP contribution in [0.25, 0.3) is 71.7 Å². The lowest BCUT2D eigenvalue weighted by atomic mass is 9.50. The van der Waals surface area contributed by atoms with Crippen LogP contribution in [0.3, 0.4) is 0 Å². The Morgan fingerprint density at radius 3 is 1.22 bits per heavy atom. The Morgan fingerprint density at radius 1 is 0.461 bits per heavy atom. The summed E-state index contributed by atoms with van der Waals surface area (Å²) >= 11 is 26.4. The van der Waals surface area contributed by atoms with Crippen molar-refractivity contribution in [2.45, 2.75) is 0 Å². The van der Waals surface area contributed by atoms with Crippen LogP contribution in [-0.4, -0.2) is 52.6 Å². The van der Waals surface area contributed by atoms with Gasteiger partial charge in [-0.3, -0.25) is 24.9 Å². The normalized spacial score (nSPS) is 12.1. The highest BCUT2D eigenvalue weighted by atomic mass is 35.5. The van der Waals surface area contributed by atoms with E-state index in [1.807, 2.05) is 109 Å². The van der Waals surface area contributed by atoms with Crippen LogP contribution < -0.4 is 32.5 Å². The monoisotopic (exact) mass is 1060 g/mol. The van der Waals surface area contributed by atoms with Crippen LogP contribution in [-0.2, 0) is 0 Å². The van der Waals surface area contributed by atoms with Gasteiger partial charge in [-0.1, -0.05) is 202 Å². The van der Waals surface area contributed by atoms with Crippen molar-refractivity contribution < 1.29 is 0 Å². The van der Waals surface area contributed by atoms with Crippen LogP contribution in [0.1, 0.15) is 11.4 Å². The zero-order valence-corrected chi connectivity index (χ0v) is 42.8. The summed E-state index contributed by atoms with van der Waals surface area (Å²) in [7, 11) is 0. The molecule has 0 N–H and O–H groups in total. The second-order valence-corrected chi connectivity index (χ2v) is 19.4. The zero-order chi connectivity index (χ0) is 51.9. The summed E-state index contributed by atoms with van der Waals surface area (Å²) in [5.41, 5.74) is 8.59. The summed E-state index contributed by atoms with van der Waals surface area (Å²) < 4.78 is 4.35. The van der Waals surface area contributed by atoms with E-state index in [1.165, 1.54) is 0 Å². The molecule has 6 aromatic heterocycles. The average molecular weight is 1060 g/mol. The number of fused-ring (bicyclic) bond motifs is 3. The fraction of sp³-hybridized carbons (Fsp3) is 0. The molecule has 0 atom stereocenters.